The molecule has 5 rings (SSSR count). The first-order chi connectivity index (χ1) is 14.4. The lowest BCUT2D eigenvalue weighted by atomic mass is 9.94. The van der Waals surface area contributed by atoms with Crippen molar-refractivity contribution in [3.8, 4) is 5.75 Å². The molecule has 1 aromatic heterocycles. The topological polar surface area (TPSA) is 55.2 Å². The zero-order valence-corrected chi connectivity index (χ0v) is 16.4. The molecule has 0 amide bonds. The number of halogens is 3. The van der Waals surface area contributed by atoms with Crippen molar-refractivity contribution in [3.05, 3.63) is 48.0 Å². The van der Waals surface area contributed by atoms with Crippen LogP contribution in [0.1, 0.15) is 24.9 Å². The van der Waals surface area contributed by atoms with Crippen molar-refractivity contribution >= 4 is 16.7 Å². The highest BCUT2D eigenvalue weighted by Crippen LogP contribution is 2.39. The van der Waals surface area contributed by atoms with Crippen LogP contribution in [-0.2, 0) is 6.30 Å². The lowest BCUT2D eigenvalue weighted by Crippen LogP contribution is -2.47. The monoisotopic (exact) mass is 417 g/mol. The van der Waals surface area contributed by atoms with Gasteiger partial charge in [0.05, 0.1) is 17.8 Å². The maximum atomic E-state index is 13.1. The minimum absolute atomic E-state index is 0.0674. The van der Waals surface area contributed by atoms with Gasteiger partial charge in [0.25, 0.3) is 0 Å². The maximum absolute atomic E-state index is 13.1. The summed E-state index contributed by atoms with van der Waals surface area (Å²) in [5.41, 5.74) is 1.92. The molecule has 6 nitrogen and oxygen atoms in total. The number of para-hydroxylation sites is 1. The van der Waals surface area contributed by atoms with Crippen LogP contribution >= 0.6 is 0 Å². The third kappa shape index (κ3) is 3.36. The van der Waals surface area contributed by atoms with E-state index in [4.69, 9.17) is 4.74 Å². The molecular weight excluding hydrogens is 395 g/mol. The molecule has 2 aliphatic heterocycles. The van der Waals surface area contributed by atoms with Gasteiger partial charge >= 0.3 is 6.30 Å². The average Bonchev–Trinajstić information content (AvgIpc) is 3.35. The molecule has 1 N–H and O–H groups in total. The molecule has 1 saturated heterocycles. The number of anilines is 1. The molecule has 0 spiro atoms. The van der Waals surface area contributed by atoms with E-state index in [0.717, 1.165) is 30.8 Å². The largest absolute Gasteiger partial charge is 0.521 e. The van der Waals surface area contributed by atoms with Crippen molar-refractivity contribution in [2.45, 2.75) is 31.7 Å². The zero-order valence-electron chi connectivity index (χ0n) is 16.4. The van der Waals surface area contributed by atoms with Crippen molar-refractivity contribution < 1.29 is 17.9 Å². The predicted octanol–water partition coefficient (Wildman–Crippen LogP) is 4.16. The fourth-order valence-corrected chi connectivity index (χ4v) is 4.44. The van der Waals surface area contributed by atoms with E-state index >= 15 is 0 Å². The van der Waals surface area contributed by atoms with Crippen LogP contribution in [0, 0.1) is 5.92 Å². The quantitative estimate of drug-likeness (QED) is 0.694. The smallest absolute Gasteiger partial charge is 0.491 e. The Bertz CT molecular complexity index is 1070. The van der Waals surface area contributed by atoms with Crippen LogP contribution in [0.15, 0.2) is 42.5 Å². The van der Waals surface area contributed by atoms with Gasteiger partial charge in [-0.15, -0.1) is 23.4 Å². The van der Waals surface area contributed by atoms with Crippen molar-refractivity contribution in [2.24, 2.45) is 5.92 Å². The summed E-state index contributed by atoms with van der Waals surface area (Å²) in [4.78, 5) is 2.23. The fourth-order valence-electron chi connectivity index (χ4n) is 4.44. The average molecular weight is 417 g/mol. The molecule has 0 saturated carbocycles. The first kappa shape index (κ1) is 19.2. The number of benzene rings is 2. The number of alkyl halides is 3. The van der Waals surface area contributed by atoms with Crippen molar-refractivity contribution in [1.82, 2.24) is 19.9 Å². The Hall–Kier alpha value is -2.81. The third-order valence-corrected chi connectivity index (χ3v) is 5.92. The first-order valence-electron chi connectivity index (χ1n) is 10.1. The van der Waals surface area contributed by atoms with Crippen LogP contribution < -0.4 is 10.1 Å². The van der Waals surface area contributed by atoms with E-state index in [1.54, 1.807) is 12.1 Å². The van der Waals surface area contributed by atoms with E-state index in [-0.39, 0.29) is 27.9 Å². The molecule has 2 aliphatic rings. The Morgan fingerprint density at radius 1 is 1.10 bits per heavy atom. The SMILES string of the molecule is CC1CCN(C2COc3ccccc3C2Nc2cccc3nn(C(F)(F)F)nc23)C1. The molecule has 9 heteroatoms. The number of likely N-dealkylation sites (tertiary alicyclic amines) is 1. The minimum Gasteiger partial charge on any atom is -0.491 e. The van der Waals surface area contributed by atoms with Crippen molar-refractivity contribution in [3.63, 3.8) is 0 Å². The summed E-state index contributed by atoms with van der Waals surface area (Å²) in [6.45, 7) is 4.70. The number of rotatable bonds is 3. The molecule has 3 aromatic rings. The number of nitrogens with one attached hydrogen (secondary N) is 1. The summed E-state index contributed by atoms with van der Waals surface area (Å²) < 4.78 is 45.4. The van der Waals surface area contributed by atoms with Crippen LogP contribution in [0.2, 0.25) is 0 Å². The molecule has 3 atom stereocenters. The highest BCUT2D eigenvalue weighted by atomic mass is 19.4. The second-order valence-electron chi connectivity index (χ2n) is 8.06. The summed E-state index contributed by atoms with van der Waals surface area (Å²) >= 11 is 0. The number of ether oxygens (including phenoxy) is 1. The minimum atomic E-state index is -4.66. The number of fused-ring (bicyclic) bond motifs is 2. The Morgan fingerprint density at radius 3 is 2.70 bits per heavy atom. The molecule has 1 fully saturated rings. The van der Waals surface area contributed by atoms with Crippen molar-refractivity contribution in [1.29, 1.82) is 0 Å². The first-order valence-corrected chi connectivity index (χ1v) is 10.1. The van der Waals surface area contributed by atoms with Gasteiger partial charge in [-0.05, 0) is 37.1 Å². The van der Waals surface area contributed by atoms with Crippen LogP contribution in [0.3, 0.4) is 0 Å². The molecule has 3 unspecified atom stereocenters. The number of hydrogen-bond donors (Lipinski definition) is 1. The van der Waals surface area contributed by atoms with Crippen molar-refractivity contribution in [2.75, 3.05) is 25.0 Å². The number of hydrogen-bond acceptors (Lipinski definition) is 5. The summed E-state index contributed by atoms with van der Waals surface area (Å²) in [5.74, 6) is 1.41. The summed E-state index contributed by atoms with van der Waals surface area (Å²) in [5, 5.41) is 10.8. The Labute approximate surface area is 171 Å². The second-order valence-corrected chi connectivity index (χ2v) is 8.06. The highest BCUT2D eigenvalue weighted by Gasteiger charge is 2.38. The van der Waals surface area contributed by atoms with Gasteiger partial charge in [-0.1, -0.05) is 36.0 Å². The van der Waals surface area contributed by atoms with Gasteiger partial charge in [-0.25, -0.2) is 0 Å². The van der Waals surface area contributed by atoms with E-state index in [1.165, 1.54) is 6.07 Å². The predicted molar refractivity (Wildman–Crippen MR) is 106 cm³/mol. The van der Waals surface area contributed by atoms with Gasteiger partial charge in [-0.2, -0.15) is 0 Å². The second kappa shape index (κ2) is 7.16. The van der Waals surface area contributed by atoms with E-state index in [2.05, 4.69) is 27.3 Å². The molecular formula is C21H22F3N5O. The van der Waals surface area contributed by atoms with Gasteiger partial charge < -0.3 is 10.1 Å². The van der Waals surface area contributed by atoms with Gasteiger partial charge in [-0.3, -0.25) is 4.90 Å². The van der Waals surface area contributed by atoms with Gasteiger partial charge in [0.2, 0.25) is 0 Å². The molecule has 158 valence electrons. The van der Waals surface area contributed by atoms with E-state index in [0.29, 0.717) is 18.2 Å². The lowest BCUT2D eigenvalue weighted by Gasteiger charge is -2.39. The Morgan fingerprint density at radius 2 is 1.93 bits per heavy atom. The summed E-state index contributed by atoms with van der Waals surface area (Å²) in [7, 11) is 0. The van der Waals surface area contributed by atoms with E-state index in [1.807, 2.05) is 24.3 Å². The number of aromatic nitrogens is 3. The normalized spacial score (nSPS) is 24.6. The summed E-state index contributed by atoms with van der Waals surface area (Å²) in [6.07, 6.45) is -3.53. The molecule has 0 radical (unpaired) electrons. The molecule has 2 aromatic carbocycles. The third-order valence-electron chi connectivity index (χ3n) is 5.92. The molecule has 0 aliphatic carbocycles. The van der Waals surface area contributed by atoms with Gasteiger partial charge in [0, 0.05) is 12.1 Å². The van der Waals surface area contributed by atoms with Crippen LogP contribution in [0.5, 0.6) is 5.75 Å². The van der Waals surface area contributed by atoms with Gasteiger partial charge in [0.15, 0.2) is 0 Å². The standard InChI is InChI=1S/C21H22F3N5O/c1-13-9-10-28(11-13)17-12-30-18-8-3-2-5-14(18)19(17)25-15-6-4-7-16-20(15)27-29(26-16)21(22,23)24/h2-8,13,17,19,25H,9-12H2,1H3. The number of nitrogens with zero attached hydrogens (tertiary/aromatic N) is 4. The molecule has 3 heterocycles. The van der Waals surface area contributed by atoms with Crippen LogP contribution in [-0.4, -0.2) is 45.6 Å². The van der Waals surface area contributed by atoms with E-state index < -0.39 is 6.30 Å². The Kier molecular flexibility index (Phi) is 4.57. The molecule has 0 bridgehead atoms. The fraction of sp³-hybridized carbons (Fsp3) is 0.429. The zero-order chi connectivity index (χ0) is 20.9. The summed E-state index contributed by atoms with van der Waals surface area (Å²) in [6, 6.07) is 12.7. The highest BCUT2D eigenvalue weighted by molar-refractivity contribution is 5.87. The Balaban J connectivity index is 1.54. The van der Waals surface area contributed by atoms with Crippen LogP contribution in [0.25, 0.3) is 11.0 Å². The maximum Gasteiger partial charge on any atom is 0.521 e. The molecule has 30 heavy (non-hydrogen) atoms. The van der Waals surface area contributed by atoms with E-state index in [9.17, 15) is 13.2 Å². The van der Waals surface area contributed by atoms with Crippen LogP contribution in [0.4, 0.5) is 18.9 Å². The lowest BCUT2D eigenvalue weighted by molar-refractivity contribution is -0.220. The van der Waals surface area contributed by atoms with Gasteiger partial charge in [0.1, 0.15) is 23.4 Å².